The van der Waals surface area contributed by atoms with Crippen molar-refractivity contribution in [3.8, 4) is 11.4 Å². The summed E-state index contributed by atoms with van der Waals surface area (Å²) in [7, 11) is 1.64. The van der Waals surface area contributed by atoms with Gasteiger partial charge in [-0.2, -0.15) is 0 Å². The molecule has 1 aliphatic heterocycles. The molecule has 1 aliphatic rings. The minimum atomic E-state index is 0.128. The molecular formula is C22H23BrN2O3. The highest BCUT2D eigenvalue weighted by Gasteiger charge is 2.24. The van der Waals surface area contributed by atoms with E-state index in [1.807, 2.05) is 37.3 Å². The number of carbonyl (C=O) groups excluding carboxylic acids is 1. The lowest BCUT2D eigenvalue weighted by molar-refractivity contribution is 0.0371. The number of ether oxygens (including phenoxy) is 2. The molecule has 0 bridgehead atoms. The van der Waals surface area contributed by atoms with E-state index in [2.05, 4.69) is 37.5 Å². The average Bonchev–Trinajstić information content (AvgIpc) is 2.99. The van der Waals surface area contributed by atoms with Crippen molar-refractivity contribution in [1.29, 1.82) is 0 Å². The molecule has 2 aromatic carbocycles. The molecule has 1 aromatic heterocycles. The lowest BCUT2D eigenvalue weighted by Crippen LogP contribution is -2.39. The first-order valence-electron chi connectivity index (χ1n) is 9.37. The molecule has 2 heterocycles. The smallest absolute Gasteiger partial charge is 0.179 e. The Kier molecular flexibility index (Phi) is 5.53. The van der Waals surface area contributed by atoms with Crippen molar-refractivity contribution < 1.29 is 14.3 Å². The summed E-state index contributed by atoms with van der Waals surface area (Å²) in [5.74, 6) is 0.849. The molecule has 0 radical (unpaired) electrons. The largest absolute Gasteiger partial charge is 0.496 e. The van der Waals surface area contributed by atoms with Crippen LogP contribution in [0.25, 0.3) is 16.6 Å². The Morgan fingerprint density at radius 1 is 1.18 bits per heavy atom. The highest BCUT2D eigenvalue weighted by Crippen LogP contribution is 2.36. The summed E-state index contributed by atoms with van der Waals surface area (Å²) in [5.41, 5.74) is 3.73. The van der Waals surface area contributed by atoms with E-state index in [4.69, 9.17) is 9.47 Å². The van der Waals surface area contributed by atoms with E-state index in [0.29, 0.717) is 19.8 Å². The van der Waals surface area contributed by atoms with Crippen LogP contribution in [0.5, 0.6) is 5.75 Å². The molecular weight excluding hydrogens is 420 g/mol. The fourth-order valence-corrected chi connectivity index (χ4v) is 4.37. The van der Waals surface area contributed by atoms with Crippen molar-refractivity contribution in [2.24, 2.45) is 0 Å². The van der Waals surface area contributed by atoms with Gasteiger partial charge in [0, 0.05) is 35.4 Å². The molecule has 0 N–H and O–H groups in total. The van der Waals surface area contributed by atoms with Gasteiger partial charge in [-0.25, -0.2) is 0 Å². The Bertz CT molecular complexity index is 1010. The SMILES string of the molecule is COc1cc2c(C(=O)CN3CCOCC3)c(C)n(-c3ccccc3)c2cc1Br. The number of aromatic nitrogens is 1. The van der Waals surface area contributed by atoms with Crippen LogP contribution in [0.2, 0.25) is 0 Å². The number of hydrogen-bond acceptors (Lipinski definition) is 4. The van der Waals surface area contributed by atoms with Crippen molar-refractivity contribution in [2.75, 3.05) is 40.0 Å². The third-order valence-electron chi connectivity index (χ3n) is 5.24. The van der Waals surface area contributed by atoms with Crippen molar-refractivity contribution >= 4 is 32.6 Å². The van der Waals surface area contributed by atoms with Crippen LogP contribution in [0.3, 0.4) is 0 Å². The molecule has 6 heteroatoms. The number of hydrogen-bond donors (Lipinski definition) is 0. The quantitative estimate of drug-likeness (QED) is 0.554. The van der Waals surface area contributed by atoms with Gasteiger partial charge in [0.05, 0.1) is 36.9 Å². The normalized spacial score (nSPS) is 15.1. The fraction of sp³-hybridized carbons (Fsp3) is 0.318. The number of para-hydroxylation sites is 1. The molecule has 0 unspecified atom stereocenters. The maximum absolute atomic E-state index is 13.3. The second-order valence-electron chi connectivity index (χ2n) is 6.95. The van der Waals surface area contributed by atoms with Gasteiger partial charge in [-0.15, -0.1) is 0 Å². The fourth-order valence-electron chi connectivity index (χ4n) is 3.88. The summed E-state index contributed by atoms with van der Waals surface area (Å²) in [4.78, 5) is 15.5. The molecule has 0 aliphatic carbocycles. The summed E-state index contributed by atoms with van der Waals surface area (Å²) in [6, 6.07) is 14.1. The number of Topliss-reactive ketones (excluding diaryl/α,β-unsaturated/α-hetero) is 1. The van der Waals surface area contributed by atoms with Crippen LogP contribution in [0.4, 0.5) is 0 Å². The predicted molar refractivity (Wildman–Crippen MR) is 114 cm³/mol. The van der Waals surface area contributed by atoms with Crippen LogP contribution in [-0.2, 0) is 4.74 Å². The van der Waals surface area contributed by atoms with E-state index in [1.54, 1.807) is 7.11 Å². The van der Waals surface area contributed by atoms with E-state index < -0.39 is 0 Å². The van der Waals surface area contributed by atoms with E-state index in [-0.39, 0.29) is 5.78 Å². The Labute approximate surface area is 173 Å². The van der Waals surface area contributed by atoms with Gasteiger partial charge in [-0.1, -0.05) is 18.2 Å². The van der Waals surface area contributed by atoms with Crippen molar-refractivity contribution in [3.63, 3.8) is 0 Å². The van der Waals surface area contributed by atoms with Crippen LogP contribution >= 0.6 is 15.9 Å². The first kappa shape index (κ1) is 19.2. The molecule has 146 valence electrons. The number of benzene rings is 2. The Hall–Kier alpha value is -2.15. The molecule has 0 atom stereocenters. The summed E-state index contributed by atoms with van der Waals surface area (Å²) >= 11 is 3.59. The maximum atomic E-state index is 13.3. The number of methoxy groups -OCH3 is 1. The molecule has 1 fully saturated rings. The number of morpholine rings is 1. The van der Waals surface area contributed by atoms with E-state index in [0.717, 1.165) is 51.2 Å². The van der Waals surface area contributed by atoms with Gasteiger partial charge in [0.15, 0.2) is 5.78 Å². The predicted octanol–water partition coefficient (Wildman–Crippen LogP) is 4.22. The van der Waals surface area contributed by atoms with Crippen molar-refractivity contribution in [3.05, 3.63) is 58.2 Å². The number of ketones is 1. The van der Waals surface area contributed by atoms with Gasteiger partial charge in [-0.05, 0) is 47.1 Å². The Morgan fingerprint density at radius 3 is 2.57 bits per heavy atom. The summed E-state index contributed by atoms with van der Waals surface area (Å²) in [5, 5.41) is 0.916. The number of halogens is 1. The molecule has 4 rings (SSSR count). The van der Waals surface area contributed by atoms with E-state index >= 15 is 0 Å². The first-order chi connectivity index (χ1) is 13.6. The highest BCUT2D eigenvalue weighted by molar-refractivity contribution is 9.10. The van der Waals surface area contributed by atoms with Crippen LogP contribution in [0.1, 0.15) is 16.1 Å². The molecule has 0 spiro atoms. The summed E-state index contributed by atoms with van der Waals surface area (Å²) in [6.45, 7) is 5.35. The third kappa shape index (κ3) is 3.48. The lowest BCUT2D eigenvalue weighted by atomic mass is 10.1. The molecule has 5 nitrogen and oxygen atoms in total. The molecule has 28 heavy (non-hydrogen) atoms. The van der Waals surface area contributed by atoms with Gasteiger partial charge < -0.3 is 14.0 Å². The van der Waals surface area contributed by atoms with Crippen LogP contribution < -0.4 is 4.74 Å². The monoisotopic (exact) mass is 442 g/mol. The molecule has 0 saturated carbocycles. The second kappa shape index (κ2) is 8.07. The van der Waals surface area contributed by atoms with Gasteiger partial charge in [-0.3, -0.25) is 9.69 Å². The molecule has 0 amide bonds. The van der Waals surface area contributed by atoms with Crippen molar-refractivity contribution in [2.45, 2.75) is 6.92 Å². The van der Waals surface area contributed by atoms with Crippen LogP contribution in [0, 0.1) is 6.92 Å². The molecule has 3 aromatic rings. The topological polar surface area (TPSA) is 43.7 Å². The van der Waals surface area contributed by atoms with Gasteiger partial charge in [0.1, 0.15) is 5.75 Å². The minimum Gasteiger partial charge on any atom is -0.496 e. The zero-order valence-electron chi connectivity index (χ0n) is 16.1. The maximum Gasteiger partial charge on any atom is 0.179 e. The number of nitrogens with zero attached hydrogens (tertiary/aromatic N) is 2. The zero-order valence-corrected chi connectivity index (χ0v) is 17.7. The third-order valence-corrected chi connectivity index (χ3v) is 5.86. The van der Waals surface area contributed by atoms with E-state index in [9.17, 15) is 4.79 Å². The highest BCUT2D eigenvalue weighted by atomic mass is 79.9. The van der Waals surface area contributed by atoms with E-state index in [1.165, 1.54) is 0 Å². The number of rotatable bonds is 5. The summed E-state index contributed by atoms with van der Waals surface area (Å²) < 4.78 is 13.9. The summed E-state index contributed by atoms with van der Waals surface area (Å²) in [6.07, 6.45) is 0. The lowest BCUT2D eigenvalue weighted by Gasteiger charge is -2.25. The van der Waals surface area contributed by atoms with Crippen LogP contribution in [-0.4, -0.2) is 55.2 Å². The van der Waals surface area contributed by atoms with Gasteiger partial charge >= 0.3 is 0 Å². The minimum absolute atomic E-state index is 0.128. The Morgan fingerprint density at radius 2 is 1.89 bits per heavy atom. The number of carbonyl (C=O) groups is 1. The van der Waals surface area contributed by atoms with Crippen molar-refractivity contribution in [1.82, 2.24) is 9.47 Å². The standard InChI is InChI=1S/C22H23BrN2O3/c1-15-22(20(26)14-24-8-10-28-11-9-24)17-12-21(27-2)18(23)13-19(17)25(15)16-6-4-3-5-7-16/h3-7,12-13H,8-11,14H2,1-2H3. The zero-order chi connectivity index (χ0) is 19.7. The second-order valence-corrected chi connectivity index (χ2v) is 7.80. The first-order valence-corrected chi connectivity index (χ1v) is 10.2. The van der Waals surface area contributed by atoms with Gasteiger partial charge in [0.2, 0.25) is 0 Å². The average molecular weight is 443 g/mol. The number of fused-ring (bicyclic) bond motifs is 1. The van der Waals surface area contributed by atoms with Crippen LogP contribution in [0.15, 0.2) is 46.9 Å². The Balaban J connectivity index is 1.87. The van der Waals surface area contributed by atoms with Gasteiger partial charge in [0.25, 0.3) is 0 Å². The molecule has 1 saturated heterocycles.